The van der Waals surface area contributed by atoms with Crippen LogP contribution in [-0.4, -0.2) is 18.5 Å². The number of rotatable bonds is 1. The summed E-state index contributed by atoms with van der Waals surface area (Å²) >= 11 is 5.95. The topological polar surface area (TPSA) is 29.4 Å². The van der Waals surface area contributed by atoms with E-state index in [0.29, 0.717) is 23.6 Å². The van der Waals surface area contributed by atoms with E-state index in [2.05, 4.69) is 25.8 Å². The Labute approximate surface area is 83.7 Å². The highest BCUT2D eigenvalue weighted by atomic mass is 35.5. The molecule has 0 atom stereocenters. The predicted molar refractivity (Wildman–Crippen MR) is 55.3 cm³/mol. The molecule has 0 bridgehead atoms. The van der Waals surface area contributed by atoms with Gasteiger partial charge in [-0.15, -0.1) is 0 Å². The first-order valence-corrected chi connectivity index (χ1v) is 4.69. The van der Waals surface area contributed by atoms with Crippen molar-refractivity contribution < 1.29 is 4.79 Å². The SMILES string of the molecule is CC(C)(C)C1=NCC(C=O)=C(Cl)C1. The van der Waals surface area contributed by atoms with Gasteiger partial charge in [-0.1, -0.05) is 32.4 Å². The standard InChI is InChI=1S/C10H14ClNO/c1-10(2,3)9-4-8(11)7(6-13)5-12-9/h6H,4-5H2,1-3H3. The number of carbonyl (C=O) groups excluding carboxylic acids is 1. The monoisotopic (exact) mass is 199 g/mol. The third-order valence-electron chi connectivity index (χ3n) is 2.12. The molecule has 3 heteroatoms. The van der Waals surface area contributed by atoms with Crippen molar-refractivity contribution in [3.63, 3.8) is 0 Å². The molecular formula is C10H14ClNO. The van der Waals surface area contributed by atoms with Gasteiger partial charge < -0.3 is 0 Å². The normalized spacial score (nSPS) is 18.6. The van der Waals surface area contributed by atoms with Crippen LogP contribution in [-0.2, 0) is 4.79 Å². The molecule has 0 saturated heterocycles. The minimum Gasteiger partial charge on any atom is -0.298 e. The largest absolute Gasteiger partial charge is 0.298 e. The molecule has 0 aromatic rings. The number of halogens is 1. The zero-order valence-corrected chi connectivity index (χ0v) is 8.98. The van der Waals surface area contributed by atoms with E-state index in [-0.39, 0.29) is 5.41 Å². The van der Waals surface area contributed by atoms with Crippen molar-refractivity contribution in [2.24, 2.45) is 10.4 Å². The highest BCUT2D eigenvalue weighted by Crippen LogP contribution is 2.27. The molecule has 72 valence electrons. The first kappa shape index (κ1) is 10.5. The van der Waals surface area contributed by atoms with Crippen molar-refractivity contribution in [2.75, 3.05) is 6.54 Å². The molecule has 2 nitrogen and oxygen atoms in total. The number of carbonyl (C=O) groups is 1. The van der Waals surface area contributed by atoms with Crippen LogP contribution in [0.15, 0.2) is 15.6 Å². The Morgan fingerprint density at radius 2 is 2.08 bits per heavy atom. The van der Waals surface area contributed by atoms with Crippen molar-refractivity contribution in [3.8, 4) is 0 Å². The molecule has 1 heterocycles. The minimum atomic E-state index is 0.0502. The van der Waals surface area contributed by atoms with Crippen LogP contribution in [0.4, 0.5) is 0 Å². The number of allylic oxidation sites excluding steroid dienone is 1. The molecule has 0 aliphatic carbocycles. The zero-order chi connectivity index (χ0) is 10.1. The highest BCUT2D eigenvalue weighted by molar-refractivity contribution is 6.33. The molecule has 13 heavy (non-hydrogen) atoms. The van der Waals surface area contributed by atoms with Crippen LogP contribution >= 0.6 is 11.6 Å². The predicted octanol–water partition coefficient (Wildman–Crippen LogP) is 2.57. The number of aldehydes is 1. The second-order valence-corrected chi connectivity index (χ2v) is 4.69. The summed E-state index contributed by atoms with van der Waals surface area (Å²) in [6.45, 7) is 6.74. The third-order valence-corrected chi connectivity index (χ3v) is 2.50. The van der Waals surface area contributed by atoms with Crippen molar-refractivity contribution >= 4 is 23.6 Å². The van der Waals surface area contributed by atoms with Gasteiger partial charge in [0.15, 0.2) is 0 Å². The average molecular weight is 200 g/mol. The Kier molecular flexibility index (Phi) is 2.91. The van der Waals surface area contributed by atoms with Crippen LogP contribution in [0.1, 0.15) is 27.2 Å². The summed E-state index contributed by atoms with van der Waals surface area (Å²) in [5.74, 6) is 0. The lowest BCUT2D eigenvalue weighted by Gasteiger charge is -2.24. The Balaban J connectivity index is 2.82. The lowest BCUT2D eigenvalue weighted by Crippen LogP contribution is -2.24. The van der Waals surface area contributed by atoms with E-state index in [4.69, 9.17) is 11.6 Å². The molecule has 0 spiro atoms. The maximum absolute atomic E-state index is 10.5. The van der Waals surface area contributed by atoms with Gasteiger partial charge in [0, 0.05) is 28.2 Å². The molecule has 0 unspecified atom stereocenters. The zero-order valence-electron chi connectivity index (χ0n) is 8.22. The van der Waals surface area contributed by atoms with Gasteiger partial charge in [0.25, 0.3) is 0 Å². The van der Waals surface area contributed by atoms with E-state index in [0.717, 1.165) is 12.0 Å². The van der Waals surface area contributed by atoms with Crippen molar-refractivity contribution in [3.05, 3.63) is 10.6 Å². The fraction of sp³-hybridized carbons (Fsp3) is 0.600. The summed E-state index contributed by atoms with van der Waals surface area (Å²) in [4.78, 5) is 14.9. The van der Waals surface area contributed by atoms with Gasteiger partial charge in [-0.05, 0) is 0 Å². The number of dihydropyridines is 1. The summed E-state index contributed by atoms with van der Waals surface area (Å²) in [6, 6.07) is 0. The van der Waals surface area contributed by atoms with Crippen molar-refractivity contribution in [1.29, 1.82) is 0 Å². The maximum Gasteiger partial charge on any atom is 0.149 e. The molecule has 1 aliphatic rings. The van der Waals surface area contributed by atoms with Gasteiger partial charge >= 0.3 is 0 Å². The molecular weight excluding hydrogens is 186 g/mol. The summed E-state index contributed by atoms with van der Waals surface area (Å²) in [7, 11) is 0. The Hall–Kier alpha value is -0.630. The summed E-state index contributed by atoms with van der Waals surface area (Å²) < 4.78 is 0. The molecule has 0 amide bonds. The van der Waals surface area contributed by atoms with Gasteiger partial charge in [-0.3, -0.25) is 9.79 Å². The highest BCUT2D eigenvalue weighted by Gasteiger charge is 2.23. The average Bonchev–Trinajstić information content (AvgIpc) is 2.02. The Bertz CT molecular complexity index is 284. The minimum absolute atomic E-state index is 0.0502. The molecule has 1 aliphatic heterocycles. The van der Waals surface area contributed by atoms with E-state index < -0.39 is 0 Å². The smallest absolute Gasteiger partial charge is 0.149 e. The quantitative estimate of drug-likeness (QED) is 0.597. The van der Waals surface area contributed by atoms with Gasteiger partial charge in [0.1, 0.15) is 6.29 Å². The van der Waals surface area contributed by atoms with Crippen LogP contribution in [0.25, 0.3) is 0 Å². The van der Waals surface area contributed by atoms with Crippen molar-refractivity contribution in [1.82, 2.24) is 0 Å². The Morgan fingerprint density at radius 1 is 1.46 bits per heavy atom. The molecule has 0 fully saturated rings. The second kappa shape index (κ2) is 3.62. The van der Waals surface area contributed by atoms with E-state index in [9.17, 15) is 4.79 Å². The van der Waals surface area contributed by atoms with E-state index in [1.807, 2.05) is 0 Å². The lowest BCUT2D eigenvalue weighted by molar-refractivity contribution is -0.104. The van der Waals surface area contributed by atoms with Gasteiger partial charge in [0.2, 0.25) is 0 Å². The summed E-state index contributed by atoms with van der Waals surface area (Å²) in [5, 5.41) is 0.648. The van der Waals surface area contributed by atoms with Gasteiger partial charge in [-0.2, -0.15) is 0 Å². The van der Waals surface area contributed by atoms with E-state index in [1.165, 1.54) is 0 Å². The van der Waals surface area contributed by atoms with E-state index in [1.54, 1.807) is 0 Å². The van der Waals surface area contributed by atoms with Crippen LogP contribution in [0.3, 0.4) is 0 Å². The molecule has 0 radical (unpaired) electrons. The summed E-state index contributed by atoms with van der Waals surface area (Å²) in [6.07, 6.45) is 1.42. The third kappa shape index (κ3) is 2.41. The van der Waals surface area contributed by atoms with Crippen LogP contribution in [0, 0.1) is 5.41 Å². The Morgan fingerprint density at radius 3 is 2.46 bits per heavy atom. The molecule has 1 rings (SSSR count). The van der Waals surface area contributed by atoms with Crippen LogP contribution in [0.5, 0.6) is 0 Å². The molecule has 0 aromatic heterocycles. The number of nitrogens with zero attached hydrogens (tertiary/aromatic N) is 1. The van der Waals surface area contributed by atoms with E-state index >= 15 is 0 Å². The second-order valence-electron chi connectivity index (χ2n) is 4.24. The molecule has 0 N–H and O–H groups in total. The number of aliphatic imine (C=N–C) groups is 1. The first-order chi connectivity index (χ1) is 5.95. The number of hydrogen-bond acceptors (Lipinski definition) is 2. The number of hydrogen-bond donors (Lipinski definition) is 0. The lowest BCUT2D eigenvalue weighted by atomic mass is 9.86. The van der Waals surface area contributed by atoms with Crippen molar-refractivity contribution in [2.45, 2.75) is 27.2 Å². The maximum atomic E-state index is 10.5. The van der Waals surface area contributed by atoms with Gasteiger partial charge in [-0.25, -0.2) is 0 Å². The van der Waals surface area contributed by atoms with Crippen LogP contribution in [0.2, 0.25) is 0 Å². The molecule has 0 saturated carbocycles. The first-order valence-electron chi connectivity index (χ1n) is 4.31. The summed E-state index contributed by atoms with van der Waals surface area (Å²) in [5.41, 5.74) is 1.74. The fourth-order valence-electron chi connectivity index (χ4n) is 1.19. The van der Waals surface area contributed by atoms with Crippen LogP contribution < -0.4 is 0 Å². The van der Waals surface area contributed by atoms with Gasteiger partial charge in [0.05, 0.1) is 6.54 Å². The molecule has 0 aromatic carbocycles. The fourth-order valence-corrected chi connectivity index (χ4v) is 1.42.